The number of ether oxygens (including phenoxy) is 12. The van der Waals surface area contributed by atoms with Gasteiger partial charge in [0.25, 0.3) is 17.7 Å². The number of nitrogens with one attached hydrogen (secondary N) is 3. The molecule has 0 aliphatic carbocycles. The van der Waals surface area contributed by atoms with Gasteiger partial charge in [0, 0.05) is 0 Å². The molecule has 0 spiro atoms. The third kappa shape index (κ3) is 23.9. The zero-order valence-corrected chi connectivity index (χ0v) is 64.5. The summed E-state index contributed by atoms with van der Waals surface area (Å²) in [5, 5.41) is 187. The Morgan fingerprint density at radius 1 is 0.281 bits per heavy atom. The van der Waals surface area contributed by atoms with Crippen molar-refractivity contribution in [2.24, 2.45) is 0 Å². The quantitative estimate of drug-likeness (QED) is 0.0217. The number of benzene rings is 9. The first-order valence-corrected chi connectivity index (χ1v) is 37.3. The summed E-state index contributed by atoms with van der Waals surface area (Å²) in [7, 11) is 0. The summed E-state index contributed by atoms with van der Waals surface area (Å²) in [6.45, 7) is 4.18. The maximum atomic E-state index is 12.7. The van der Waals surface area contributed by atoms with E-state index < -0.39 is 128 Å². The van der Waals surface area contributed by atoms with Gasteiger partial charge in [-0.3, -0.25) is 14.4 Å². The van der Waals surface area contributed by atoms with E-state index in [0.29, 0.717) is 62.5 Å². The number of phenols is 6. The highest BCUT2D eigenvalue weighted by atomic mass is 16.7. The molecule has 650 valence electrons. The Balaban J connectivity index is 0.000000206. The number of para-hydroxylation sites is 12. The second-order valence-electron chi connectivity index (χ2n) is 27.2. The average Bonchev–Trinajstić information content (AvgIpc) is 0.844. The lowest BCUT2D eigenvalue weighted by molar-refractivity contribution is -0.285. The number of rotatable bonds is 30. The number of carbonyl (C=O) groups is 3. The molecular formula is C85H97N3O33. The summed E-state index contributed by atoms with van der Waals surface area (Å²) < 4.78 is 66.6. The van der Waals surface area contributed by atoms with Gasteiger partial charge in [-0.1, -0.05) is 98.4 Å². The molecule has 0 saturated carbocycles. The van der Waals surface area contributed by atoms with Crippen molar-refractivity contribution >= 4 is 34.8 Å². The van der Waals surface area contributed by atoms with Crippen molar-refractivity contribution in [2.45, 2.75) is 120 Å². The highest BCUT2D eigenvalue weighted by molar-refractivity contribution is 6.08. The molecule has 36 heteroatoms. The molecule has 3 aliphatic rings. The fourth-order valence-corrected chi connectivity index (χ4v) is 12.0. The molecule has 121 heavy (non-hydrogen) atoms. The van der Waals surface area contributed by atoms with Crippen molar-refractivity contribution in [1.82, 2.24) is 0 Å². The van der Waals surface area contributed by atoms with Crippen LogP contribution in [0.5, 0.6) is 86.2 Å². The van der Waals surface area contributed by atoms with E-state index in [0.717, 1.165) is 0 Å². The molecule has 3 fully saturated rings. The highest BCUT2D eigenvalue weighted by Crippen LogP contribution is 2.44. The van der Waals surface area contributed by atoms with Crippen LogP contribution in [0.1, 0.15) is 55.2 Å². The molecule has 9 aromatic rings. The third-order valence-electron chi connectivity index (χ3n) is 18.8. The SMILES string of the molecule is C.Cc1cccc(C(=O)Nc2ccccc2OCCOc2ccc(O)c(O)c2OC[C@H]2O[C@@H](O)[C@H](O)[C@@H](O)[C@@H]2O)c1O.Cc1cccc(C(=O)Nc2ccccc2OCCOc2cccc(O)c2OC[C@H]2O[C@@H](O)[C@H](O)[C@@H](O)[C@@H]2O)c1O.Cc1cccc(C(=O)Nc2ccccc2OCCOc2ccccc2OC[C@H]2O[C@@H](O)[C@H](O)[C@@H](O)[C@@H]2O)c1O. The molecule has 3 amide bonds. The maximum Gasteiger partial charge on any atom is 0.259 e. The molecule has 9 aromatic carbocycles. The number of amides is 3. The predicted octanol–water partition coefficient (Wildman–Crippen LogP) is 4.52. The molecule has 0 bridgehead atoms. The molecule has 36 nitrogen and oxygen atoms in total. The van der Waals surface area contributed by atoms with Crippen LogP contribution in [-0.4, -0.2) is 261 Å². The Labute approximate surface area is 692 Å². The first kappa shape index (κ1) is 92.7. The minimum absolute atomic E-state index is 0. The second kappa shape index (κ2) is 43.7. The first-order chi connectivity index (χ1) is 57.5. The summed E-state index contributed by atoms with van der Waals surface area (Å²) in [6, 6.07) is 48.6. The van der Waals surface area contributed by atoms with Crippen LogP contribution in [0.4, 0.5) is 17.1 Å². The van der Waals surface area contributed by atoms with Gasteiger partial charge in [-0.05, 0) is 128 Å². The molecular weight excluding hydrogens is 1590 g/mol. The largest absolute Gasteiger partial charge is 0.507 e. The van der Waals surface area contributed by atoms with Crippen molar-refractivity contribution in [3.63, 3.8) is 0 Å². The molecule has 3 saturated heterocycles. The zero-order chi connectivity index (χ0) is 86.4. The van der Waals surface area contributed by atoms with Crippen LogP contribution in [0.2, 0.25) is 0 Å². The molecule has 12 rings (SSSR count). The Bertz CT molecular complexity index is 4910. The van der Waals surface area contributed by atoms with Gasteiger partial charge in [-0.15, -0.1) is 0 Å². The van der Waals surface area contributed by atoms with Crippen LogP contribution in [0, 0.1) is 20.8 Å². The first-order valence-electron chi connectivity index (χ1n) is 37.3. The Morgan fingerprint density at radius 3 is 0.926 bits per heavy atom. The van der Waals surface area contributed by atoms with Crippen LogP contribution < -0.4 is 58.6 Å². The van der Waals surface area contributed by atoms with Crippen molar-refractivity contribution in [1.29, 1.82) is 0 Å². The summed E-state index contributed by atoms with van der Waals surface area (Å²) in [5.41, 5.74) is 3.25. The number of hydrogen-bond acceptors (Lipinski definition) is 33. The molecule has 0 radical (unpaired) electrons. The highest BCUT2D eigenvalue weighted by Gasteiger charge is 2.46. The average molecular weight is 1690 g/mol. The fourth-order valence-electron chi connectivity index (χ4n) is 12.0. The Kier molecular flexibility index (Phi) is 33.4. The lowest BCUT2D eigenvalue weighted by Gasteiger charge is -2.38. The number of aliphatic hydroxyl groups excluding tert-OH is 12. The summed E-state index contributed by atoms with van der Waals surface area (Å²) >= 11 is 0. The van der Waals surface area contributed by atoms with Gasteiger partial charge >= 0.3 is 0 Å². The van der Waals surface area contributed by atoms with Gasteiger partial charge in [-0.2, -0.15) is 0 Å². The van der Waals surface area contributed by atoms with E-state index in [1.54, 1.807) is 154 Å². The second-order valence-corrected chi connectivity index (χ2v) is 27.2. The van der Waals surface area contributed by atoms with Gasteiger partial charge in [0.2, 0.25) is 17.2 Å². The minimum Gasteiger partial charge on any atom is -0.507 e. The van der Waals surface area contributed by atoms with Crippen LogP contribution in [-0.2, 0) is 14.2 Å². The van der Waals surface area contributed by atoms with Crippen LogP contribution >= 0.6 is 0 Å². The number of aryl methyl sites for hydroxylation is 3. The lowest BCUT2D eigenvalue weighted by atomic mass is 9.99. The fraction of sp³-hybridized carbons (Fsp3) is 0.329. The Morgan fingerprint density at radius 2 is 0.562 bits per heavy atom. The normalized spacial score (nSPS) is 22.2. The molecule has 3 aliphatic heterocycles. The third-order valence-corrected chi connectivity index (χ3v) is 18.8. The van der Waals surface area contributed by atoms with Gasteiger partial charge in [-0.25, -0.2) is 0 Å². The van der Waals surface area contributed by atoms with E-state index in [9.17, 15) is 106 Å². The Hall–Kier alpha value is -12.2. The summed E-state index contributed by atoms with van der Waals surface area (Å²) in [4.78, 5) is 38.2. The van der Waals surface area contributed by atoms with Gasteiger partial charge in [0.15, 0.2) is 53.4 Å². The van der Waals surface area contributed by atoms with Crippen molar-refractivity contribution in [3.05, 3.63) is 215 Å². The van der Waals surface area contributed by atoms with E-state index in [4.69, 9.17) is 56.8 Å². The van der Waals surface area contributed by atoms with E-state index >= 15 is 0 Å². The number of aromatic hydroxyl groups is 6. The number of hydrogen-bond donors (Lipinski definition) is 21. The van der Waals surface area contributed by atoms with E-state index in [1.165, 1.54) is 48.5 Å². The molecule has 15 atom stereocenters. The number of phenolic OH excluding ortho intramolecular Hbond substituents is 6. The zero-order valence-electron chi connectivity index (χ0n) is 64.5. The molecule has 0 unspecified atom stereocenters. The van der Waals surface area contributed by atoms with Crippen molar-refractivity contribution in [3.8, 4) is 86.2 Å². The smallest absolute Gasteiger partial charge is 0.259 e. The number of aliphatic hydroxyl groups is 12. The summed E-state index contributed by atoms with van der Waals surface area (Å²) in [5.74, 6) is -1.71. The van der Waals surface area contributed by atoms with Crippen LogP contribution in [0.3, 0.4) is 0 Å². The van der Waals surface area contributed by atoms with Crippen molar-refractivity contribution in [2.75, 3.05) is 75.4 Å². The molecule has 3 heterocycles. The molecule has 0 aromatic heterocycles. The van der Waals surface area contributed by atoms with Crippen molar-refractivity contribution < 1.29 is 163 Å². The summed E-state index contributed by atoms with van der Waals surface area (Å²) in [6.07, 6.45) is -23.3. The predicted molar refractivity (Wildman–Crippen MR) is 429 cm³/mol. The van der Waals surface area contributed by atoms with E-state index in [2.05, 4.69) is 16.0 Å². The van der Waals surface area contributed by atoms with Crippen LogP contribution in [0.15, 0.2) is 182 Å². The number of carbonyl (C=O) groups excluding carboxylic acids is 3. The van der Waals surface area contributed by atoms with Gasteiger partial charge < -0.3 is 165 Å². The van der Waals surface area contributed by atoms with Gasteiger partial charge in [0.05, 0.1) is 33.8 Å². The van der Waals surface area contributed by atoms with Crippen LogP contribution in [0.25, 0.3) is 0 Å². The van der Waals surface area contributed by atoms with Gasteiger partial charge in [0.1, 0.15) is 167 Å². The topological polar surface area (TPSA) is 562 Å². The van der Waals surface area contributed by atoms with E-state index in [-0.39, 0.29) is 123 Å². The monoisotopic (exact) mass is 1690 g/mol. The minimum atomic E-state index is -1.78. The molecule has 21 N–H and O–H groups in total. The lowest BCUT2D eigenvalue weighted by Crippen LogP contribution is -2.58. The number of anilines is 3. The standard InChI is InChI=1S/C28H31NO12.C28H31NO11.C28H31NO10.CH4/c1-14-5-4-6-15(21(14)31)27(36)29-16-7-2-3-8-18(16)38-11-12-39-19-10-9-17(30)22(32)26(19)40-13-20-23(33)24(34)25(35)28(37)41-20;1-15-6-4-7-16(22(15)31)27(35)29-17-8-2-3-10-19(17)37-12-13-38-20-11-5-9-18(30)26(20)39-14-21-23(32)24(33)25(34)28(36)40-21;1-16-7-6-8-17(23(16)30)27(34)29-18-9-2-3-10-19(18)36-13-14-37-20-11-4-5-12-21(20)38-15-22-24(31)25(32)26(33)28(35)39-22;/h2-10,20,23-25,28,30-35,37H,11-13H2,1H3,(H,29,36);2-11,21,23-25,28,30-34,36H,12-14H2,1H3,(H,29,35);2-12,22,24-26,28,30-33,35H,13-15H2,1H3,(H,29,34);1H4/t20-,23-,24+,25-,28-;21-,23-,24+,25-,28-;22-,24-,25+,26-,28-;/m111./s1. The maximum absolute atomic E-state index is 12.7. The van der Waals surface area contributed by atoms with E-state index in [1.807, 2.05) is 0 Å².